The number of nitrogens with zero attached hydrogens (tertiary/aromatic N) is 5. The van der Waals surface area contributed by atoms with Crippen molar-refractivity contribution in [3.63, 3.8) is 0 Å². The van der Waals surface area contributed by atoms with Crippen LogP contribution in [-0.2, 0) is 4.79 Å². The molecule has 1 aliphatic rings. The molecule has 132 valence electrons. The third-order valence-electron chi connectivity index (χ3n) is 3.74. The van der Waals surface area contributed by atoms with Crippen LogP contribution in [0.5, 0.6) is 5.75 Å². The van der Waals surface area contributed by atoms with Gasteiger partial charge in [0.15, 0.2) is 0 Å². The Bertz CT molecular complexity index is 806. The van der Waals surface area contributed by atoms with Gasteiger partial charge >= 0.3 is 6.03 Å². The molecule has 25 heavy (non-hydrogen) atoms. The normalized spacial score (nSPS) is 16.2. The van der Waals surface area contributed by atoms with Crippen molar-refractivity contribution in [3.8, 4) is 11.4 Å². The van der Waals surface area contributed by atoms with Gasteiger partial charge in [-0.3, -0.25) is 9.69 Å². The Hall–Kier alpha value is -2.62. The van der Waals surface area contributed by atoms with Gasteiger partial charge in [0, 0.05) is 12.3 Å². The molecule has 0 saturated carbocycles. The van der Waals surface area contributed by atoms with Crippen LogP contribution in [0.2, 0.25) is 0 Å². The number of para-hydroxylation sites is 2. The number of urea groups is 1. The van der Waals surface area contributed by atoms with Crippen molar-refractivity contribution in [3.05, 3.63) is 24.3 Å². The number of ether oxygens (including phenoxy) is 1. The molecule has 3 rings (SSSR count). The van der Waals surface area contributed by atoms with Gasteiger partial charge in [0.05, 0.1) is 7.11 Å². The van der Waals surface area contributed by atoms with Crippen LogP contribution in [0.1, 0.15) is 13.8 Å². The number of nitrogens with one attached hydrogen (secondary N) is 1. The lowest BCUT2D eigenvalue weighted by atomic mass is 10.1. The minimum Gasteiger partial charge on any atom is -0.494 e. The fraction of sp³-hybridized carbons (Fsp3) is 0.400. The smallest absolute Gasteiger partial charge is 0.325 e. The number of methoxy groups -OCH3 is 1. The minimum absolute atomic E-state index is 0.234. The second kappa shape index (κ2) is 6.71. The molecule has 3 amide bonds. The van der Waals surface area contributed by atoms with Crippen LogP contribution >= 0.6 is 11.8 Å². The maximum Gasteiger partial charge on any atom is 0.325 e. The molecule has 1 N–H and O–H groups in total. The Balaban J connectivity index is 1.69. The van der Waals surface area contributed by atoms with Crippen molar-refractivity contribution in [1.82, 2.24) is 30.4 Å². The van der Waals surface area contributed by atoms with Gasteiger partial charge in [0.2, 0.25) is 5.16 Å². The summed E-state index contributed by atoms with van der Waals surface area (Å²) in [6.45, 7) is 3.64. The van der Waals surface area contributed by atoms with Crippen molar-refractivity contribution < 1.29 is 14.3 Å². The second-order valence-corrected chi connectivity index (χ2v) is 6.97. The van der Waals surface area contributed by atoms with Gasteiger partial charge < -0.3 is 10.1 Å². The van der Waals surface area contributed by atoms with Crippen LogP contribution in [0.15, 0.2) is 29.4 Å². The summed E-state index contributed by atoms with van der Waals surface area (Å²) in [5, 5.41) is 14.9. The van der Waals surface area contributed by atoms with Crippen molar-refractivity contribution in [2.45, 2.75) is 24.5 Å². The Kier molecular flexibility index (Phi) is 4.62. The number of aromatic nitrogens is 4. The van der Waals surface area contributed by atoms with Crippen LogP contribution in [0.4, 0.5) is 4.79 Å². The number of carbonyl (C=O) groups is 2. The monoisotopic (exact) mass is 362 g/mol. The molecule has 1 fully saturated rings. The van der Waals surface area contributed by atoms with E-state index in [1.165, 1.54) is 16.7 Å². The molecule has 0 radical (unpaired) electrons. The van der Waals surface area contributed by atoms with E-state index in [2.05, 4.69) is 20.8 Å². The van der Waals surface area contributed by atoms with Gasteiger partial charge in [0.25, 0.3) is 5.91 Å². The SMILES string of the molecule is COc1ccccc1-n1nnnc1SCCN1C(=O)NC(C)(C)C1=O. The number of amides is 3. The Morgan fingerprint density at radius 1 is 1.28 bits per heavy atom. The van der Waals surface area contributed by atoms with E-state index in [0.717, 1.165) is 0 Å². The molecule has 0 atom stereocenters. The average molecular weight is 362 g/mol. The lowest BCUT2D eigenvalue weighted by molar-refractivity contribution is -0.130. The number of benzene rings is 1. The third-order valence-corrected chi connectivity index (χ3v) is 4.64. The molecule has 10 heteroatoms. The van der Waals surface area contributed by atoms with E-state index in [9.17, 15) is 9.59 Å². The highest BCUT2D eigenvalue weighted by atomic mass is 32.2. The molecule has 2 heterocycles. The molecule has 1 aromatic carbocycles. The van der Waals surface area contributed by atoms with Crippen LogP contribution < -0.4 is 10.1 Å². The summed E-state index contributed by atoms with van der Waals surface area (Å²) in [4.78, 5) is 25.3. The van der Waals surface area contributed by atoms with Gasteiger partial charge in [0.1, 0.15) is 17.0 Å². The predicted molar refractivity (Wildman–Crippen MR) is 90.8 cm³/mol. The van der Waals surface area contributed by atoms with E-state index in [1.807, 2.05) is 24.3 Å². The number of hydrogen-bond donors (Lipinski definition) is 1. The first kappa shape index (κ1) is 17.2. The molecule has 1 aliphatic heterocycles. The summed E-state index contributed by atoms with van der Waals surface area (Å²) >= 11 is 1.36. The zero-order chi connectivity index (χ0) is 18.0. The maximum absolute atomic E-state index is 12.2. The molecule has 1 saturated heterocycles. The van der Waals surface area contributed by atoms with Gasteiger partial charge in [-0.15, -0.1) is 5.10 Å². The molecule has 0 aliphatic carbocycles. The standard InChI is InChI=1S/C15H18N6O3S/c1-15(2)12(22)20(13(23)16-15)8-9-25-14-17-18-19-21(14)10-6-4-5-7-11(10)24-3/h4-7H,8-9H2,1-3H3,(H,16,23). The van der Waals surface area contributed by atoms with Crippen LogP contribution in [-0.4, -0.2) is 62.0 Å². The maximum atomic E-state index is 12.2. The summed E-state index contributed by atoms with van der Waals surface area (Å²) in [6, 6.07) is 7.02. The molecule has 1 aromatic heterocycles. The largest absolute Gasteiger partial charge is 0.494 e. The van der Waals surface area contributed by atoms with E-state index < -0.39 is 5.54 Å². The zero-order valence-corrected chi connectivity index (χ0v) is 14.9. The number of hydrogen-bond acceptors (Lipinski definition) is 7. The molecular formula is C15H18N6O3S. The zero-order valence-electron chi connectivity index (χ0n) is 14.1. The highest BCUT2D eigenvalue weighted by molar-refractivity contribution is 7.99. The number of rotatable bonds is 6. The highest BCUT2D eigenvalue weighted by Gasteiger charge is 2.43. The number of imide groups is 1. The average Bonchev–Trinajstić information content (AvgIpc) is 3.12. The Morgan fingerprint density at radius 3 is 2.72 bits per heavy atom. The summed E-state index contributed by atoms with van der Waals surface area (Å²) in [5.41, 5.74) is -0.144. The summed E-state index contributed by atoms with van der Waals surface area (Å²) < 4.78 is 6.90. The minimum atomic E-state index is -0.860. The molecule has 2 aromatic rings. The van der Waals surface area contributed by atoms with E-state index in [0.29, 0.717) is 22.3 Å². The summed E-state index contributed by atoms with van der Waals surface area (Å²) in [5.74, 6) is 0.889. The first-order valence-electron chi connectivity index (χ1n) is 7.63. The molecule has 0 spiro atoms. The van der Waals surface area contributed by atoms with E-state index >= 15 is 0 Å². The predicted octanol–water partition coefficient (Wildman–Crippen LogP) is 1.09. The second-order valence-electron chi connectivity index (χ2n) is 5.91. The van der Waals surface area contributed by atoms with Crippen molar-refractivity contribution in [1.29, 1.82) is 0 Å². The van der Waals surface area contributed by atoms with Gasteiger partial charge in [-0.1, -0.05) is 23.9 Å². The van der Waals surface area contributed by atoms with E-state index in [1.54, 1.807) is 25.6 Å². The first-order chi connectivity index (χ1) is 11.9. The van der Waals surface area contributed by atoms with Crippen LogP contribution in [0, 0.1) is 0 Å². The van der Waals surface area contributed by atoms with Crippen LogP contribution in [0.3, 0.4) is 0 Å². The quantitative estimate of drug-likeness (QED) is 0.606. The van der Waals surface area contributed by atoms with E-state index in [4.69, 9.17) is 4.74 Å². The number of tetrazole rings is 1. The Morgan fingerprint density at radius 2 is 2.04 bits per heavy atom. The first-order valence-corrected chi connectivity index (χ1v) is 8.61. The van der Waals surface area contributed by atoms with Gasteiger partial charge in [-0.25, -0.2) is 4.79 Å². The summed E-state index contributed by atoms with van der Waals surface area (Å²) in [7, 11) is 1.58. The van der Waals surface area contributed by atoms with Crippen molar-refractivity contribution in [2.75, 3.05) is 19.4 Å². The van der Waals surface area contributed by atoms with Crippen molar-refractivity contribution in [2.24, 2.45) is 0 Å². The van der Waals surface area contributed by atoms with Gasteiger partial charge in [-0.05, 0) is 36.4 Å². The Labute approximate surface area is 148 Å². The topological polar surface area (TPSA) is 102 Å². The molecule has 0 bridgehead atoms. The fourth-order valence-corrected chi connectivity index (χ4v) is 3.28. The highest BCUT2D eigenvalue weighted by Crippen LogP contribution is 2.26. The van der Waals surface area contributed by atoms with E-state index in [-0.39, 0.29) is 18.5 Å². The summed E-state index contributed by atoms with van der Waals surface area (Å²) in [6.07, 6.45) is 0. The van der Waals surface area contributed by atoms with Gasteiger partial charge in [-0.2, -0.15) is 4.68 Å². The molecule has 0 unspecified atom stereocenters. The number of carbonyl (C=O) groups excluding carboxylic acids is 2. The molecule has 9 nitrogen and oxygen atoms in total. The molecular weight excluding hydrogens is 344 g/mol. The third kappa shape index (κ3) is 3.29. The lowest BCUT2D eigenvalue weighted by Gasteiger charge is -2.15. The lowest BCUT2D eigenvalue weighted by Crippen LogP contribution is -2.40. The number of thioether (sulfide) groups is 1. The van der Waals surface area contributed by atoms with Crippen LogP contribution in [0.25, 0.3) is 5.69 Å². The fourth-order valence-electron chi connectivity index (χ4n) is 2.47. The van der Waals surface area contributed by atoms with Crippen molar-refractivity contribution >= 4 is 23.7 Å².